The average molecular weight is 466 g/mol. The van der Waals surface area contributed by atoms with E-state index in [2.05, 4.69) is 17.4 Å². The molecule has 0 fully saturated rings. The minimum absolute atomic E-state index is 0.431. The van der Waals surface area contributed by atoms with Gasteiger partial charge in [-0.25, -0.2) is 0 Å². The van der Waals surface area contributed by atoms with Gasteiger partial charge in [0.15, 0.2) is 0 Å². The second-order valence-corrected chi connectivity index (χ2v) is 6.15. The van der Waals surface area contributed by atoms with Crippen molar-refractivity contribution in [2.45, 2.75) is 82.1 Å². The van der Waals surface area contributed by atoms with Gasteiger partial charge in [-0.3, -0.25) is 15.1 Å². The normalized spacial score (nSPS) is 9.36. The highest BCUT2D eigenvalue weighted by Gasteiger charge is 1.99. The summed E-state index contributed by atoms with van der Waals surface area (Å²) in [6.45, 7) is 25.9. The molecule has 0 heterocycles. The summed E-state index contributed by atoms with van der Waals surface area (Å²) in [5.74, 6) is 1.02. The quantitative estimate of drug-likeness (QED) is 0.163. The van der Waals surface area contributed by atoms with Gasteiger partial charge in [-0.05, 0) is 59.2 Å². The van der Waals surface area contributed by atoms with Crippen LogP contribution in [-0.2, 0) is 14.3 Å². The van der Waals surface area contributed by atoms with Crippen LogP contribution in [0.3, 0.4) is 0 Å². The van der Waals surface area contributed by atoms with Gasteiger partial charge in [-0.1, -0.05) is 76.6 Å². The van der Waals surface area contributed by atoms with Gasteiger partial charge in [0.1, 0.15) is 0 Å². The van der Waals surface area contributed by atoms with Crippen molar-refractivity contribution in [1.29, 1.82) is 0 Å². The number of aryl methyl sites for hydroxylation is 1. The van der Waals surface area contributed by atoms with Crippen LogP contribution in [0, 0.1) is 6.92 Å². The number of hydroxylamine groups is 1. The first-order valence-corrected chi connectivity index (χ1v) is 12.0. The Morgan fingerprint density at radius 2 is 1.61 bits per heavy atom. The summed E-state index contributed by atoms with van der Waals surface area (Å²) in [6, 6.07) is 7.83. The zero-order chi connectivity index (χ0) is 26.5. The van der Waals surface area contributed by atoms with Gasteiger partial charge in [0.2, 0.25) is 0 Å². The number of rotatable bonds is 10. The van der Waals surface area contributed by atoms with Gasteiger partial charge in [-0.2, -0.15) is 0 Å². The molecule has 0 aliphatic rings. The lowest BCUT2D eigenvalue weighted by molar-refractivity contribution is -0.128. The van der Waals surface area contributed by atoms with E-state index in [0.29, 0.717) is 19.6 Å². The van der Waals surface area contributed by atoms with E-state index in [1.807, 2.05) is 98.7 Å². The summed E-state index contributed by atoms with van der Waals surface area (Å²) in [6.07, 6.45) is 7.86. The van der Waals surface area contributed by atoms with Gasteiger partial charge in [0.25, 0.3) is 6.47 Å². The van der Waals surface area contributed by atoms with Gasteiger partial charge in [0.05, 0.1) is 24.7 Å². The molecule has 0 bridgehead atoms. The number of carbonyl (C=O) groups is 1. The van der Waals surface area contributed by atoms with Gasteiger partial charge in [0, 0.05) is 13.0 Å². The number of hydrogen-bond donors (Lipinski definition) is 1. The largest absolute Gasteiger partial charge is 0.498 e. The van der Waals surface area contributed by atoms with Crippen LogP contribution in [0.4, 0.5) is 5.69 Å². The first-order chi connectivity index (χ1) is 15.9. The SMILES string of the molecule is C=C(C)C=CC/C(=C\C)OCC.CC.CC.CCCN(O)c1ccc(C)cc1.CCOC=O. The topological polar surface area (TPSA) is 59.0 Å². The van der Waals surface area contributed by atoms with Crippen molar-refractivity contribution in [1.82, 2.24) is 0 Å². The first-order valence-electron chi connectivity index (χ1n) is 12.0. The molecule has 1 N–H and O–H groups in total. The summed E-state index contributed by atoms with van der Waals surface area (Å²) in [7, 11) is 0. The Morgan fingerprint density at radius 3 is 1.94 bits per heavy atom. The average Bonchev–Trinajstić information content (AvgIpc) is 2.83. The summed E-state index contributed by atoms with van der Waals surface area (Å²) < 4.78 is 9.51. The Bertz CT molecular complexity index is 592. The summed E-state index contributed by atoms with van der Waals surface area (Å²) in [5.41, 5.74) is 3.15. The van der Waals surface area contributed by atoms with Crippen LogP contribution >= 0.6 is 0 Å². The Morgan fingerprint density at radius 1 is 1.06 bits per heavy atom. The molecule has 0 unspecified atom stereocenters. The fraction of sp³-hybridized carbons (Fsp3) is 0.536. The van der Waals surface area contributed by atoms with Crippen molar-refractivity contribution in [2.75, 3.05) is 24.8 Å². The molecule has 0 aliphatic carbocycles. The fourth-order valence-corrected chi connectivity index (χ4v) is 1.95. The Balaban J connectivity index is -0.000000189. The van der Waals surface area contributed by atoms with Crippen LogP contribution in [0.1, 0.15) is 80.7 Å². The van der Waals surface area contributed by atoms with E-state index in [-0.39, 0.29) is 0 Å². The molecule has 0 saturated heterocycles. The minimum Gasteiger partial charge on any atom is -0.498 e. The van der Waals surface area contributed by atoms with E-state index in [4.69, 9.17) is 4.74 Å². The number of hydrogen-bond acceptors (Lipinski definition) is 5. The van der Waals surface area contributed by atoms with Crippen molar-refractivity contribution < 1.29 is 19.5 Å². The maximum atomic E-state index is 9.44. The number of ether oxygens (including phenoxy) is 2. The third-order valence-corrected chi connectivity index (χ3v) is 3.38. The maximum Gasteiger partial charge on any atom is 0.293 e. The van der Waals surface area contributed by atoms with Crippen molar-refractivity contribution in [2.24, 2.45) is 0 Å². The van der Waals surface area contributed by atoms with E-state index < -0.39 is 0 Å². The molecule has 0 aliphatic heterocycles. The molecule has 0 saturated carbocycles. The highest BCUT2D eigenvalue weighted by atomic mass is 16.5. The van der Waals surface area contributed by atoms with Crippen LogP contribution in [0.2, 0.25) is 0 Å². The molecule has 0 amide bonds. The number of anilines is 1. The minimum atomic E-state index is 0.431. The number of carbonyl (C=O) groups excluding carboxylic acids is 1. The molecule has 33 heavy (non-hydrogen) atoms. The summed E-state index contributed by atoms with van der Waals surface area (Å²) in [4.78, 5) is 9.18. The molecule has 5 nitrogen and oxygen atoms in total. The summed E-state index contributed by atoms with van der Waals surface area (Å²) >= 11 is 0. The Kier molecular flexibility index (Phi) is 36.2. The third-order valence-electron chi connectivity index (χ3n) is 3.38. The lowest BCUT2D eigenvalue weighted by Gasteiger charge is -2.15. The molecule has 1 aromatic carbocycles. The standard InChI is InChI=1S/C11H18O.C10H15NO.C3H6O2.2C2H6/c1-5-11(12-6-2)9-7-8-10(3)4;1-3-8-11(12)10-6-4-9(2)5-7-10;1-2-5-3-4;2*1-2/h5,7-8H,3,6,9H2,1-2,4H3;4-7,12H,3,8H2,1-2H3;3H,2H2,1H3;2*1-2H3/b8-7?,11-5+;;;;. The molecule has 192 valence electrons. The highest BCUT2D eigenvalue weighted by molar-refractivity contribution is 5.44. The predicted molar refractivity (Wildman–Crippen MR) is 145 cm³/mol. The molecule has 0 radical (unpaired) electrons. The van der Waals surface area contributed by atoms with Crippen LogP contribution in [-0.4, -0.2) is 31.4 Å². The van der Waals surface area contributed by atoms with Crippen molar-refractivity contribution in [3.8, 4) is 0 Å². The fourth-order valence-electron chi connectivity index (χ4n) is 1.95. The van der Waals surface area contributed by atoms with Crippen LogP contribution in [0.25, 0.3) is 0 Å². The second-order valence-electron chi connectivity index (χ2n) is 6.15. The van der Waals surface area contributed by atoms with Crippen molar-refractivity contribution >= 4 is 12.2 Å². The van der Waals surface area contributed by atoms with E-state index in [1.54, 1.807) is 6.92 Å². The molecular formula is C28H51NO4. The third kappa shape index (κ3) is 29.5. The summed E-state index contributed by atoms with van der Waals surface area (Å²) in [5, 5.41) is 10.7. The van der Waals surface area contributed by atoms with Gasteiger partial charge < -0.3 is 9.47 Å². The highest BCUT2D eigenvalue weighted by Crippen LogP contribution is 2.12. The lowest BCUT2D eigenvalue weighted by Crippen LogP contribution is -2.18. The maximum absolute atomic E-state index is 9.44. The molecule has 0 spiro atoms. The van der Waals surface area contributed by atoms with Crippen LogP contribution in [0.15, 0.2) is 60.4 Å². The Labute approximate surface area is 204 Å². The predicted octanol–water partition coefficient (Wildman–Crippen LogP) is 8.28. The molecule has 5 heteroatoms. The van der Waals surface area contributed by atoms with Crippen LogP contribution in [0.5, 0.6) is 0 Å². The molecule has 0 atom stereocenters. The number of benzene rings is 1. The second kappa shape index (κ2) is 31.7. The van der Waals surface area contributed by atoms with Crippen LogP contribution < -0.4 is 5.06 Å². The molecule has 1 rings (SSSR count). The zero-order valence-corrected chi connectivity index (χ0v) is 23.0. The van der Waals surface area contributed by atoms with E-state index in [1.165, 1.54) is 10.6 Å². The Hall–Kier alpha value is -2.53. The van der Waals surface area contributed by atoms with Gasteiger partial charge >= 0.3 is 0 Å². The van der Waals surface area contributed by atoms with E-state index in [9.17, 15) is 10.0 Å². The van der Waals surface area contributed by atoms with Crippen molar-refractivity contribution in [3.05, 3.63) is 66.0 Å². The lowest BCUT2D eigenvalue weighted by atomic mass is 10.2. The zero-order valence-electron chi connectivity index (χ0n) is 23.0. The van der Waals surface area contributed by atoms with Gasteiger partial charge in [-0.15, -0.1) is 0 Å². The molecule has 1 aromatic rings. The smallest absolute Gasteiger partial charge is 0.293 e. The monoisotopic (exact) mass is 465 g/mol. The van der Waals surface area contributed by atoms with Crippen molar-refractivity contribution in [3.63, 3.8) is 0 Å². The number of allylic oxidation sites excluding steroid dienone is 4. The first kappa shape index (κ1) is 37.8. The van der Waals surface area contributed by atoms with E-state index >= 15 is 0 Å². The van der Waals surface area contributed by atoms with E-state index in [0.717, 1.165) is 36.5 Å². The molecule has 0 aromatic heterocycles. The number of nitrogens with zero attached hydrogens (tertiary/aromatic N) is 1. The molecular weight excluding hydrogens is 414 g/mol.